The molecule has 1 aliphatic rings. The number of phenolic OH excluding ortho intramolecular Hbond substituents is 1. The molecule has 0 atom stereocenters. The number of ether oxygens (including phenoxy) is 1. The lowest BCUT2D eigenvalue weighted by Crippen LogP contribution is -2.36. The fourth-order valence-electron chi connectivity index (χ4n) is 2.66. The van der Waals surface area contributed by atoms with Gasteiger partial charge in [0.25, 0.3) is 5.91 Å². The summed E-state index contributed by atoms with van der Waals surface area (Å²) in [6, 6.07) is 3.36. The molecule has 7 nitrogen and oxygen atoms in total. The summed E-state index contributed by atoms with van der Waals surface area (Å²) in [7, 11) is 0. The van der Waals surface area contributed by atoms with E-state index in [9.17, 15) is 14.7 Å². The van der Waals surface area contributed by atoms with Gasteiger partial charge in [-0.1, -0.05) is 13.0 Å². The van der Waals surface area contributed by atoms with Crippen molar-refractivity contribution in [2.75, 3.05) is 38.1 Å². The van der Waals surface area contributed by atoms with E-state index in [1.54, 1.807) is 12.1 Å². The van der Waals surface area contributed by atoms with Gasteiger partial charge < -0.3 is 25.4 Å². The summed E-state index contributed by atoms with van der Waals surface area (Å²) in [5, 5.41) is 15.8. The quantitative estimate of drug-likeness (QED) is 0.489. The Hall–Kier alpha value is -2.28. The molecule has 1 heterocycles. The van der Waals surface area contributed by atoms with Gasteiger partial charge in [0.05, 0.1) is 0 Å². The fraction of sp³-hybridized carbons (Fsp3) is 0.529. The van der Waals surface area contributed by atoms with Gasteiger partial charge in [0.1, 0.15) is 11.4 Å². The van der Waals surface area contributed by atoms with Crippen LogP contribution < -0.4 is 15.4 Å². The van der Waals surface area contributed by atoms with E-state index in [0.717, 1.165) is 12.1 Å². The van der Waals surface area contributed by atoms with Crippen LogP contribution in [0.2, 0.25) is 0 Å². The predicted octanol–water partition coefficient (Wildman–Crippen LogP) is 1.11. The third-order valence-electron chi connectivity index (χ3n) is 4.00. The highest BCUT2D eigenvalue weighted by Crippen LogP contribution is 2.39. The van der Waals surface area contributed by atoms with E-state index in [1.165, 1.54) is 0 Å². The van der Waals surface area contributed by atoms with Gasteiger partial charge in [0.2, 0.25) is 5.91 Å². The fourth-order valence-corrected chi connectivity index (χ4v) is 2.66. The lowest BCUT2D eigenvalue weighted by molar-refractivity contribution is -0.130. The van der Waals surface area contributed by atoms with Crippen molar-refractivity contribution in [1.82, 2.24) is 10.2 Å². The molecule has 1 aliphatic heterocycles. The van der Waals surface area contributed by atoms with Crippen LogP contribution in [-0.4, -0.2) is 54.6 Å². The summed E-state index contributed by atoms with van der Waals surface area (Å²) in [4.78, 5) is 24.9. The van der Waals surface area contributed by atoms with Crippen LogP contribution in [0, 0.1) is 0 Å². The Morgan fingerprint density at radius 3 is 2.88 bits per heavy atom. The van der Waals surface area contributed by atoms with E-state index in [0.29, 0.717) is 43.9 Å². The second-order valence-electron chi connectivity index (χ2n) is 5.61. The number of carbonyl (C=O) groups excluding carboxylic acids is 2. The second-order valence-corrected chi connectivity index (χ2v) is 5.61. The van der Waals surface area contributed by atoms with Crippen molar-refractivity contribution >= 4 is 17.5 Å². The number of hydrogen-bond donors (Lipinski definition) is 3. The zero-order valence-corrected chi connectivity index (χ0v) is 14.2. The van der Waals surface area contributed by atoms with Crippen LogP contribution in [0.25, 0.3) is 0 Å². The molecule has 0 bridgehead atoms. The molecule has 0 fully saturated rings. The zero-order valence-electron chi connectivity index (χ0n) is 14.2. The van der Waals surface area contributed by atoms with Crippen molar-refractivity contribution in [2.45, 2.75) is 26.7 Å². The molecule has 2 amide bonds. The second kappa shape index (κ2) is 8.54. The first-order valence-corrected chi connectivity index (χ1v) is 8.32. The lowest BCUT2D eigenvalue weighted by atomic mass is 10.1. The lowest BCUT2D eigenvalue weighted by Gasteiger charge is -2.22. The SMILES string of the molecule is CCC(=O)N(CC)CCNCCc1ccc(O)c2c1OCC(=O)N2. The summed E-state index contributed by atoms with van der Waals surface area (Å²) >= 11 is 0. The van der Waals surface area contributed by atoms with E-state index in [-0.39, 0.29) is 24.2 Å². The molecule has 0 radical (unpaired) electrons. The molecule has 1 aromatic carbocycles. The number of carbonyl (C=O) groups is 2. The van der Waals surface area contributed by atoms with Gasteiger partial charge in [-0.2, -0.15) is 0 Å². The third-order valence-corrected chi connectivity index (χ3v) is 4.00. The molecule has 3 N–H and O–H groups in total. The number of rotatable bonds is 8. The van der Waals surface area contributed by atoms with E-state index < -0.39 is 0 Å². The van der Waals surface area contributed by atoms with Gasteiger partial charge in [-0.25, -0.2) is 0 Å². The Kier molecular flexibility index (Phi) is 6.43. The molecule has 132 valence electrons. The van der Waals surface area contributed by atoms with Gasteiger partial charge >= 0.3 is 0 Å². The summed E-state index contributed by atoms with van der Waals surface area (Å²) in [5.74, 6) is 0.434. The average Bonchev–Trinajstić information content (AvgIpc) is 2.59. The van der Waals surface area contributed by atoms with Crippen LogP contribution in [-0.2, 0) is 16.0 Å². The first kappa shape index (κ1) is 18.1. The normalized spacial score (nSPS) is 13.0. The number of anilines is 1. The van der Waals surface area contributed by atoms with Crippen molar-refractivity contribution in [2.24, 2.45) is 0 Å². The first-order chi connectivity index (χ1) is 11.6. The summed E-state index contributed by atoms with van der Waals surface area (Å²) in [5.41, 5.74) is 1.27. The highest BCUT2D eigenvalue weighted by molar-refractivity contribution is 5.97. The highest BCUT2D eigenvalue weighted by atomic mass is 16.5. The first-order valence-electron chi connectivity index (χ1n) is 8.32. The maximum Gasteiger partial charge on any atom is 0.262 e. The molecule has 7 heteroatoms. The average molecular weight is 335 g/mol. The van der Waals surface area contributed by atoms with Crippen molar-refractivity contribution in [3.05, 3.63) is 17.7 Å². The molecular formula is C17H25N3O4. The van der Waals surface area contributed by atoms with Crippen molar-refractivity contribution in [3.8, 4) is 11.5 Å². The number of benzene rings is 1. The third kappa shape index (κ3) is 4.38. The van der Waals surface area contributed by atoms with Crippen LogP contribution in [0.3, 0.4) is 0 Å². The predicted molar refractivity (Wildman–Crippen MR) is 91.4 cm³/mol. The van der Waals surface area contributed by atoms with Crippen LogP contribution in [0.1, 0.15) is 25.8 Å². The molecule has 24 heavy (non-hydrogen) atoms. The topological polar surface area (TPSA) is 90.9 Å². The Bertz CT molecular complexity index is 604. The van der Waals surface area contributed by atoms with Crippen LogP contribution in [0.4, 0.5) is 5.69 Å². The zero-order chi connectivity index (χ0) is 17.5. The highest BCUT2D eigenvalue weighted by Gasteiger charge is 2.22. The minimum atomic E-state index is -0.270. The summed E-state index contributed by atoms with van der Waals surface area (Å²) in [6.45, 7) is 6.63. The van der Waals surface area contributed by atoms with E-state index in [4.69, 9.17) is 4.74 Å². The molecule has 0 saturated heterocycles. The molecule has 0 spiro atoms. The van der Waals surface area contributed by atoms with Crippen LogP contribution in [0.15, 0.2) is 12.1 Å². The number of phenols is 1. The molecule has 0 unspecified atom stereocenters. The van der Waals surface area contributed by atoms with Crippen LogP contribution in [0.5, 0.6) is 11.5 Å². The number of hydrogen-bond acceptors (Lipinski definition) is 5. The molecule has 0 aromatic heterocycles. The number of aromatic hydroxyl groups is 1. The largest absolute Gasteiger partial charge is 0.506 e. The maximum absolute atomic E-state index is 11.7. The molecule has 0 aliphatic carbocycles. The van der Waals surface area contributed by atoms with E-state index in [1.807, 2.05) is 18.7 Å². The smallest absolute Gasteiger partial charge is 0.262 e. The Morgan fingerprint density at radius 1 is 1.38 bits per heavy atom. The van der Waals surface area contributed by atoms with E-state index in [2.05, 4.69) is 10.6 Å². The van der Waals surface area contributed by atoms with Gasteiger partial charge in [0.15, 0.2) is 12.4 Å². The Balaban J connectivity index is 1.84. The molecule has 2 rings (SSSR count). The Labute approximate surface area is 142 Å². The van der Waals surface area contributed by atoms with Gasteiger partial charge in [-0.05, 0) is 31.5 Å². The van der Waals surface area contributed by atoms with Crippen molar-refractivity contribution in [1.29, 1.82) is 0 Å². The van der Waals surface area contributed by atoms with Crippen molar-refractivity contribution in [3.63, 3.8) is 0 Å². The Morgan fingerprint density at radius 2 is 2.17 bits per heavy atom. The standard InChI is InChI=1S/C17H25N3O4/c1-3-15(23)20(4-2)10-9-18-8-7-12-5-6-13(21)16-17(12)24-11-14(22)19-16/h5-6,18,21H,3-4,7-11H2,1-2H3,(H,19,22). The van der Waals surface area contributed by atoms with Crippen molar-refractivity contribution < 1.29 is 19.4 Å². The van der Waals surface area contributed by atoms with Gasteiger partial charge in [-0.15, -0.1) is 0 Å². The summed E-state index contributed by atoms with van der Waals surface area (Å²) in [6.07, 6.45) is 1.23. The monoisotopic (exact) mass is 335 g/mol. The van der Waals surface area contributed by atoms with Gasteiger partial charge in [0, 0.05) is 26.1 Å². The number of amides is 2. The molecular weight excluding hydrogens is 310 g/mol. The number of likely N-dealkylation sites (N-methyl/N-ethyl adjacent to an activating group) is 1. The molecule has 0 saturated carbocycles. The number of nitrogens with one attached hydrogen (secondary N) is 2. The number of nitrogens with zero attached hydrogens (tertiary/aromatic N) is 1. The van der Waals surface area contributed by atoms with Crippen LogP contribution >= 0.6 is 0 Å². The minimum absolute atomic E-state index is 0.00595. The molecule has 1 aromatic rings. The van der Waals surface area contributed by atoms with E-state index >= 15 is 0 Å². The van der Waals surface area contributed by atoms with Gasteiger partial charge in [-0.3, -0.25) is 9.59 Å². The maximum atomic E-state index is 11.7. The minimum Gasteiger partial charge on any atom is -0.506 e. The summed E-state index contributed by atoms with van der Waals surface area (Å²) < 4.78 is 5.45. The number of fused-ring (bicyclic) bond motifs is 1.